The van der Waals surface area contributed by atoms with Gasteiger partial charge in [-0.05, 0) is 56.6 Å². The summed E-state index contributed by atoms with van der Waals surface area (Å²) >= 11 is 6.06. The van der Waals surface area contributed by atoms with E-state index < -0.39 is 0 Å². The monoisotopic (exact) mass is 490 g/mol. The number of rotatable bonds is 7. The van der Waals surface area contributed by atoms with Gasteiger partial charge < -0.3 is 14.4 Å². The van der Waals surface area contributed by atoms with E-state index in [1.54, 1.807) is 6.20 Å². The van der Waals surface area contributed by atoms with Gasteiger partial charge in [-0.1, -0.05) is 47.1 Å². The Morgan fingerprint density at radius 1 is 1.17 bits per heavy atom. The summed E-state index contributed by atoms with van der Waals surface area (Å²) in [5.74, 6) is 2.11. The molecule has 2 aromatic carbocycles. The van der Waals surface area contributed by atoms with E-state index in [4.69, 9.17) is 16.1 Å². The Labute approximate surface area is 208 Å². The van der Waals surface area contributed by atoms with Crippen LogP contribution >= 0.6 is 11.6 Å². The molecule has 2 aromatic heterocycles. The van der Waals surface area contributed by atoms with Crippen molar-refractivity contribution in [2.45, 2.75) is 32.9 Å². The van der Waals surface area contributed by atoms with Gasteiger partial charge in [0.15, 0.2) is 0 Å². The molecule has 1 amide bonds. The van der Waals surface area contributed by atoms with Crippen molar-refractivity contribution in [1.29, 1.82) is 0 Å². The average molecular weight is 491 g/mol. The van der Waals surface area contributed by atoms with Gasteiger partial charge in [-0.25, -0.2) is 4.98 Å². The third kappa shape index (κ3) is 5.44. The lowest BCUT2D eigenvalue weighted by molar-refractivity contribution is -0.126. The molecule has 1 saturated heterocycles. The summed E-state index contributed by atoms with van der Waals surface area (Å²) in [5.41, 5.74) is 2.92. The molecule has 1 fully saturated rings. The zero-order valence-corrected chi connectivity index (χ0v) is 20.3. The molecule has 0 atom stereocenters. The second-order valence-corrected chi connectivity index (χ2v) is 9.20. The number of hydrogen-bond acceptors (Lipinski definition) is 6. The van der Waals surface area contributed by atoms with Crippen molar-refractivity contribution in [2.75, 3.05) is 13.1 Å². The van der Waals surface area contributed by atoms with E-state index in [0.29, 0.717) is 29.8 Å². The number of para-hydroxylation sites is 1. The van der Waals surface area contributed by atoms with Crippen molar-refractivity contribution >= 4 is 17.5 Å². The zero-order chi connectivity index (χ0) is 24.2. The van der Waals surface area contributed by atoms with Crippen molar-refractivity contribution in [3.8, 4) is 17.1 Å². The molecule has 0 saturated carbocycles. The van der Waals surface area contributed by atoms with Crippen LogP contribution in [-0.4, -0.2) is 43.6 Å². The highest BCUT2D eigenvalue weighted by atomic mass is 35.5. The van der Waals surface area contributed by atoms with Gasteiger partial charge in [0.1, 0.15) is 5.82 Å². The SMILES string of the molecule is Cc1nccn1-c1ccccc1CNC(=O)C1CCN(Cc2nc(-c3cccc(Cl)c3)no2)CC1. The van der Waals surface area contributed by atoms with Crippen LogP contribution in [0.4, 0.5) is 0 Å². The maximum atomic E-state index is 12.9. The number of amides is 1. The minimum Gasteiger partial charge on any atom is -0.352 e. The van der Waals surface area contributed by atoms with Crippen LogP contribution in [0.25, 0.3) is 17.1 Å². The lowest BCUT2D eigenvalue weighted by Crippen LogP contribution is -2.40. The predicted molar refractivity (Wildman–Crippen MR) is 133 cm³/mol. The van der Waals surface area contributed by atoms with E-state index in [2.05, 4.69) is 25.3 Å². The van der Waals surface area contributed by atoms with Gasteiger partial charge in [-0.3, -0.25) is 9.69 Å². The lowest BCUT2D eigenvalue weighted by atomic mass is 9.96. The molecule has 1 aliphatic heterocycles. The summed E-state index contributed by atoms with van der Waals surface area (Å²) in [4.78, 5) is 23.9. The number of carbonyl (C=O) groups is 1. The molecule has 35 heavy (non-hydrogen) atoms. The highest BCUT2D eigenvalue weighted by Crippen LogP contribution is 2.23. The number of hydrogen-bond donors (Lipinski definition) is 1. The highest BCUT2D eigenvalue weighted by molar-refractivity contribution is 6.30. The second-order valence-electron chi connectivity index (χ2n) is 8.76. The van der Waals surface area contributed by atoms with Crippen LogP contribution in [0.5, 0.6) is 0 Å². The second kappa shape index (κ2) is 10.4. The Morgan fingerprint density at radius 3 is 2.77 bits per heavy atom. The van der Waals surface area contributed by atoms with Crippen LogP contribution in [0.15, 0.2) is 65.4 Å². The Morgan fingerprint density at radius 2 is 2.00 bits per heavy atom. The highest BCUT2D eigenvalue weighted by Gasteiger charge is 2.26. The fourth-order valence-corrected chi connectivity index (χ4v) is 4.65. The Bertz CT molecular complexity index is 1310. The van der Waals surface area contributed by atoms with E-state index in [1.165, 1.54) is 0 Å². The third-order valence-electron chi connectivity index (χ3n) is 6.40. The molecule has 1 aliphatic rings. The number of likely N-dealkylation sites (tertiary alicyclic amines) is 1. The van der Waals surface area contributed by atoms with E-state index in [-0.39, 0.29) is 11.8 Å². The first-order chi connectivity index (χ1) is 17.1. The number of nitrogens with zero attached hydrogens (tertiary/aromatic N) is 5. The Hall–Kier alpha value is -3.49. The van der Waals surface area contributed by atoms with E-state index in [0.717, 1.165) is 48.6 Å². The van der Waals surface area contributed by atoms with Crippen molar-refractivity contribution in [3.05, 3.63) is 83.2 Å². The predicted octanol–water partition coefficient (Wildman–Crippen LogP) is 4.41. The summed E-state index contributed by atoms with van der Waals surface area (Å²) in [6, 6.07) is 15.5. The fourth-order valence-electron chi connectivity index (χ4n) is 4.46. The van der Waals surface area contributed by atoms with E-state index in [9.17, 15) is 4.79 Å². The summed E-state index contributed by atoms with van der Waals surface area (Å²) in [6.07, 6.45) is 5.31. The van der Waals surface area contributed by atoms with Gasteiger partial charge in [0, 0.05) is 35.4 Å². The maximum Gasteiger partial charge on any atom is 0.241 e. The molecule has 0 aliphatic carbocycles. The molecule has 8 nitrogen and oxygen atoms in total. The van der Waals surface area contributed by atoms with Crippen LogP contribution in [0.3, 0.4) is 0 Å². The first-order valence-corrected chi connectivity index (χ1v) is 12.1. The lowest BCUT2D eigenvalue weighted by Gasteiger charge is -2.30. The van der Waals surface area contributed by atoms with Gasteiger partial charge in [0.2, 0.25) is 17.6 Å². The fraction of sp³-hybridized carbons (Fsp3) is 0.308. The molecule has 1 N–H and O–H groups in total. The Kier molecular flexibility index (Phi) is 6.92. The third-order valence-corrected chi connectivity index (χ3v) is 6.63. The minimum absolute atomic E-state index is 0.00176. The molecule has 0 spiro atoms. The molecule has 0 unspecified atom stereocenters. The number of halogens is 1. The molecule has 9 heteroatoms. The van der Waals surface area contributed by atoms with Crippen molar-refractivity contribution in [3.63, 3.8) is 0 Å². The minimum atomic E-state index is -0.00176. The summed E-state index contributed by atoms with van der Waals surface area (Å²) in [6.45, 7) is 4.63. The van der Waals surface area contributed by atoms with E-state index in [1.807, 2.05) is 66.2 Å². The largest absolute Gasteiger partial charge is 0.352 e. The van der Waals surface area contributed by atoms with Gasteiger partial charge in [-0.2, -0.15) is 4.98 Å². The number of carbonyl (C=O) groups excluding carboxylic acids is 1. The van der Waals surface area contributed by atoms with Gasteiger partial charge in [0.25, 0.3) is 0 Å². The van der Waals surface area contributed by atoms with Crippen molar-refractivity contribution < 1.29 is 9.32 Å². The van der Waals surface area contributed by atoms with Crippen LogP contribution in [0.2, 0.25) is 5.02 Å². The molecule has 0 bridgehead atoms. The standard InChI is InChI=1S/C26H27ClN6O2/c1-18-28-11-14-33(18)23-8-3-2-5-21(23)16-29-26(34)19-9-12-32(13-10-19)17-24-30-25(31-35-24)20-6-4-7-22(27)15-20/h2-8,11,14-15,19H,9-10,12-13,16-17H2,1H3,(H,29,34). The van der Waals surface area contributed by atoms with Crippen molar-refractivity contribution in [1.82, 2.24) is 29.9 Å². The van der Waals surface area contributed by atoms with Crippen LogP contribution in [-0.2, 0) is 17.9 Å². The van der Waals surface area contributed by atoms with Gasteiger partial charge >= 0.3 is 0 Å². The number of piperidine rings is 1. The Balaban J connectivity index is 1.13. The van der Waals surface area contributed by atoms with Gasteiger partial charge in [0.05, 0.1) is 12.2 Å². The number of aryl methyl sites for hydroxylation is 1. The number of nitrogens with one attached hydrogen (secondary N) is 1. The quantitative estimate of drug-likeness (QED) is 0.412. The van der Waals surface area contributed by atoms with Crippen molar-refractivity contribution in [2.24, 2.45) is 5.92 Å². The topological polar surface area (TPSA) is 89.1 Å². The number of benzene rings is 2. The molecular weight excluding hydrogens is 464 g/mol. The summed E-state index contributed by atoms with van der Waals surface area (Å²) in [5, 5.41) is 7.85. The van der Waals surface area contributed by atoms with E-state index >= 15 is 0 Å². The zero-order valence-electron chi connectivity index (χ0n) is 19.5. The van der Waals surface area contributed by atoms with Gasteiger partial charge in [-0.15, -0.1) is 0 Å². The van der Waals surface area contributed by atoms with Crippen LogP contribution in [0, 0.1) is 12.8 Å². The number of aromatic nitrogens is 4. The summed E-state index contributed by atoms with van der Waals surface area (Å²) < 4.78 is 7.48. The first kappa shape index (κ1) is 23.3. The molecular formula is C26H27ClN6O2. The van der Waals surface area contributed by atoms with Crippen LogP contribution in [0.1, 0.15) is 30.1 Å². The normalized spacial score (nSPS) is 14.8. The molecule has 5 rings (SSSR count). The molecule has 180 valence electrons. The van der Waals surface area contributed by atoms with Crippen LogP contribution < -0.4 is 5.32 Å². The first-order valence-electron chi connectivity index (χ1n) is 11.7. The number of imidazole rings is 1. The molecule has 3 heterocycles. The summed E-state index contributed by atoms with van der Waals surface area (Å²) in [7, 11) is 0. The maximum absolute atomic E-state index is 12.9. The average Bonchev–Trinajstić information content (AvgIpc) is 3.52. The molecule has 4 aromatic rings. The smallest absolute Gasteiger partial charge is 0.241 e. The molecule has 0 radical (unpaired) electrons.